The second-order valence-corrected chi connectivity index (χ2v) is 8.41. The van der Waals surface area contributed by atoms with Crippen molar-refractivity contribution in [1.29, 1.82) is 0 Å². The molecule has 2 fully saturated rings. The molecule has 0 N–H and O–H groups in total. The Morgan fingerprint density at radius 2 is 1.20 bits per heavy atom. The van der Waals surface area contributed by atoms with Crippen molar-refractivity contribution >= 4 is 0 Å². The SMILES string of the molecule is CC12CC3N=NC(CC(C)(N=N1)C2(C)C)C1CCCC31. The number of azo groups is 2. The lowest BCUT2D eigenvalue weighted by Gasteiger charge is -2.43. The van der Waals surface area contributed by atoms with Crippen molar-refractivity contribution in [2.24, 2.45) is 37.7 Å². The lowest BCUT2D eigenvalue weighted by Crippen LogP contribution is -2.50. The van der Waals surface area contributed by atoms with E-state index in [0.29, 0.717) is 12.1 Å². The number of rotatable bonds is 0. The maximum absolute atomic E-state index is 4.77. The van der Waals surface area contributed by atoms with Gasteiger partial charge in [0.25, 0.3) is 0 Å². The average Bonchev–Trinajstić information content (AvgIpc) is 2.94. The fourth-order valence-corrected chi connectivity index (χ4v) is 5.16. The van der Waals surface area contributed by atoms with Crippen molar-refractivity contribution < 1.29 is 0 Å². The molecule has 4 nitrogen and oxygen atoms in total. The minimum Gasteiger partial charge on any atom is -0.190 e. The van der Waals surface area contributed by atoms with Gasteiger partial charge >= 0.3 is 0 Å². The summed E-state index contributed by atoms with van der Waals surface area (Å²) in [5.74, 6) is 1.51. The minimum atomic E-state index is -0.0855. The molecular formula is C16H26N4. The molecule has 0 amide bonds. The second kappa shape index (κ2) is 3.69. The minimum absolute atomic E-state index is 0.0855. The van der Waals surface area contributed by atoms with Crippen molar-refractivity contribution in [3.05, 3.63) is 0 Å². The van der Waals surface area contributed by atoms with E-state index in [0.717, 1.165) is 24.7 Å². The zero-order chi connectivity index (χ0) is 14.2. The third kappa shape index (κ3) is 1.38. The summed E-state index contributed by atoms with van der Waals surface area (Å²) in [6.07, 6.45) is 6.09. The summed E-state index contributed by atoms with van der Waals surface area (Å²) < 4.78 is 0. The Morgan fingerprint density at radius 3 is 1.65 bits per heavy atom. The summed E-state index contributed by atoms with van der Waals surface area (Å²) in [6.45, 7) is 9.29. The van der Waals surface area contributed by atoms with Crippen molar-refractivity contribution in [3.8, 4) is 0 Å². The van der Waals surface area contributed by atoms with Crippen molar-refractivity contribution in [3.63, 3.8) is 0 Å². The summed E-state index contributed by atoms with van der Waals surface area (Å²) in [6, 6.07) is 0.754. The van der Waals surface area contributed by atoms with Crippen molar-refractivity contribution in [2.75, 3.05) is 0 Å². The predicted octanol–water partition coefficient (Wildman–Crippen LogP) is 4.41. The molecule has 2 saturated carbocycles. The van der Waals surface area contributed by atoms with E-state index >= 15 is 0 Å². The highest BCUT2D eigenvalue weighted by Crippen LogP contribution is 2.59. The number of hydrogen-bond donors (Lipinski definition) is 0. The molecule has 20 heavy (non-hydrogen) atoms. The highest BCUT2D eigenvalue weighted by Gasteiger charge is 2.62. The van der Waals surface area contributed by atoms with E-state index in [1.807, 2.05) is 0 Å². The molecule has 0 spiro atoms. The predicted molar refractivity (Wildman–Crippen MR) is 77.9 cm³/mol. The Kier molecular flexibility index (Phi) is 2.38. The third-order valence-corrected chi connectivity index (χ3v) is 7.37. The summed E-state index contributed by atoms with van der Waals surface area (Å²) >= 11 is 0. The van der Waals surface area contributed by atoms with Gasteiger partial charge in [-0.3, -0.25) is 0 Å². The average molecular weight is 274 g/mol. The molecule has 110 valence electrons. The Morgan fingerprint density at radius 1 is 0.750 bits per heavy atom. The van der Waals surface area contributed by atoms with Crippen LogP contribution in [0.1, 0.15) is 59.8 Å². The fourth-order valence-electron chi connectivity index (χ4n) is 5.16. The Hall–Kier alpha value is -0.800. The van der Waals surface area contributed by atoms with Gasteiger partial charge in [-0.2, -0.15) is 20.5 Å². The standard InChI is InChI=1S/C16H26N4/c1-14(2)15(3)8-12-10-6-5-7-11(10)13(18-17-12)9-16(14,4)20-19-15/h10-13H,5-9H2,1-4H3. The highest BCUT2D eigenvalue weighted by molar-refractivity contribution is 5.18. The molecule has 4 bridgehead atoms. The van der Waals surface area contributed by atoms with Crippen molar-refractivity contribution in [2.45, 2.75) is 83.0 Å². The first-order valence-corrected chi connectivity index (χ1v) is 8.20. The Bertz CT molecular complexity index is 457. The molecule has 0 aromatic heterocycles. The largest absolute Gasteiger partial charge is 0.190 e. The van der Waals surface area contributed by atoms with E-state index in [9.17, 15) is 0 Å². The molecule has 6 unspecified atom stereocenters. The normalized spacial score (nSPS) is 55.4. The molecule has 2 aliphatic carbocycles. The molecule has 6 atom stereocenters. The maximum Gasteiger partial charge on any atom is 0.0883 e. The monoisotopic (exact) mass is 274 g/mol. The van der Waals surface area contributed by atoms with E-state index in [2.05, 4.69) is 27.7 Å². The zero-order valence-electron chi connectivity index (χ0n) is 13.1. The van der Waals surface area contributed by atoms with E-state index in [1.54, 1.807) is 0 Å². The van der Waals surface area contributed by atoms with Crippen LogP contribution in [0.5, 0.6) is 0 Å². The number of hydrogen-bond acceptors (Lipinski definition) is 4. The van der Waals surface area contributed by atoms with Gasteiger partial charge in [0.15, 0.2) is 0 Å². The first-order chi connectivity index (χ1) is 9.36. The maximum atomic E-state index is 4.77. The molecule has 0 aromatic rings. The van der Waals surface area contributed by atoms with Crippen LogP contribution in [0.15, 0.2) is 20.5 Å². The Balaban J connectivity index is 1.83. The zero-order valence-corrected chi connectivity index (χ0v) is 13.1. The molecule has 5 rings (SSSR count). The van der Waals surface area contributed by atoms with E-state index in [4.69, 9.17) is 20.5 Å². The smallest absolute Gasteiger partial charge is 0.0883 e. The molecule has 0 radical (unpaired) electrons. The van der Waals surface area contributed by atoms with Crippen molar-refractivity contribution in [1.82, 2.24) is 0 Å². The molecule has 0 saturated heterocycles. The first-order valence-electron chi connectivity index (χ1n) is 8.20. The van der Waals surface area contributed by atoms with Gasteiger partial charge in [0.05, 0.1) is 23.2 Å². The van der Waals surface area contributed by atoms with Crippen LogP contribution >= 0.6 is 0 Å². The van der Waals surface area contributed by atoms with Crippen LogP contribution in [0.25, 0.3) is 0 Å². The van der Waals surface area contributed by atoms with Crippen LogP contribution in [0.4, 0.5) is 0 Å². The summed E-state index contributed by atoms with van der Waals surface area (Å²) in [7, 11) is 0. The van der Waals surface area contributed by atoms with Gasteiger partial charge in [0.2, 0.25) is 0 Å². The fraction of sp³-hybridized carbons (Fsp3) is 1.00. The molecule has 3 aliphatic heterocycles. The van der Waals surface area contributed by atoms with Crippen LogP contribution in [-0.4, -0.2) is 23.2 Å². The van der Waals surface area contributed by atoms with Crippen LogP contribution in [-0.2, 0) is 0 Å². The van der Waals surface area contributed by atoms with Gasteiger partial charge in [0, 0.05) is 5.41 Å². The highest BCUT2D eigenvalue weighted by atomic mass is 15.3. The van der Waals surface area contributed by atoms with Crippen LogP contribution in [0.3, 0.4) is 0 Å². The lowest BCUT2D eigenvalue weighted by molar-refractivity contribution is 0.109. The van der Waals surface area contributed by atoms with Gasteiger partial charge in [-0.25, -0.2) is 0 Å². The van der Waals surface area contributed by atoms with Gasteiger partial charge in [-0.15, -0.1) is 0 Å². The van der Waals surface area contributed by atoms with Crippen LogP contribution < -0.4 is 0 Å². The van der Waals surface area contributed by atoms with Gasteiger partial charge in [-0.05, 0) is 51.4 Å². The summed E-state index contributed by atoms with van der Waals surface area (Å²) in [5.41, 5.74) is -0.0832. The summed E-state index contributed by atoms with van der Waals surface area (Å²) in [5, 5.41) is 19.0. The van der Waals surface area contributed by atoms with Crippen LogP contribution in [0.2, 0.25) is 0 Å². The van der Waals surface area contributed by atoms with Gasteiger partial charge in [0.1, 0.15) is 0 Å². The molecule has 0 aromatic carbocycles. The third-order valence-electron chi connectivity index (χ3n) is 7.37. The molecule has 3 heterocycles. The van der Waals surface area contributed by atoms with Crippen LogP contribution in [0, 0.1) is 17.3 Å². The number of nitrogens with zero attached hydrogens (tertiary/aromatic N) is 4. The molecule has 5 aliphatic rings. The second-order valence-electron chi connectivity index (χ2n) is 8.41. The van der Waals surface area contributed by atoms with E-state index in [-0.39, 0.29) is 16.5 Å². The summed E-state index contributed by atoms with van der Waals surface area (Å²) in [4.78, 5) is 0. The quantitative estimate of drug-likeness (QED) is 0.628. The lowest BCUT2D eigenvalue weighted by atomic mass is 9.60. The first kappa shape index (κ1) is 12.9. The Labute approximate surface area is 121 Å². The molecular weight excluding hydrogens is 248 g/mol. The van der Waals surface area contributed by atoms with Gasteiger partial charge in [-0.1, -0.05) is 20.3 Å². The topological polar surface area (TPSA) is 49.4 Å². The molecule has 4 heteroatoms. The van der Waals surface area contributed by atoms with E-state index in [1.165, 1.54) is 19.3 Å². The van der Waals surface area contributed by atoms with E-state index < -0.39 is 0 Å². The van der Waals surface area contributed by atoms with Gasteiger partial charge < -0.3 is 0 Å².